The average Bonchev–Trinajstić information content (AvgIpc) is 2.63. The Labute approximate surface area is 87.1 Å². The number of aryl methyl sites for hydroxylation is 1. The van der Waals surface area contributed by atoms with Gasteiger partial charge in [-0.3, -0.25) is 4.68 Å². The lowest BCUT2D eigenvalue weighted by atomic mass is 10.1. The molecule has 6 nitrogen and oxygen atoms in total. The molecule has 0 aliphatic carbocycles. The number of aliphatic hydroxyl groups excluding tert-OH is 2. The summed E-state index contributed by atoms with van der Waals surface area (Å²) in [6.07, 6.45) is -1.35. The van der Waals surface area contributed by atoms with Gasteiger partial charge >= 0.3 is 5.97 Å². The maximum absolute atomic E-state index is 11.1. The molecule has 84 valence electrons. The van der Waals surface area contributed by atoms with Crippen molar-refractivity contribution < 1.29 is 19.7 Å². The van der Waals surface area contributed by atoms with E-state index < -0.39 is 18.2 Å². The normalized spacial score (nSPS) is 14.7. The average molecular weight is 214 g/mol. The number of esters is 1. The van der Waals surface area contributed by atoms with Gasteiger partial charge in [0.1, 0.15) is 6.10 Å². The van der Waals surface area contributed by atoms with Crippen molar-refractivity contribution in [2.75, 3.05) is 6.61 Å². The summed E-state index contributed by atoms with van der Waals surface area (Å²) >= 11 is 0. The topological polar surface area (TPSA) is 84.6 Å². The van der Waals surface area contributed by atoms with Crippen LogP contribution < -0.4 is 0 Å². The predicted molar refractivity (Wildman–Crippen MR) is 50.8 cm³/mol. The van der Waals surface area contributed by atoms with E-state index in [1.165, 1.54) is 10.7 Å². The van der Waals surface area contributed by atoms with Crippen LogP contribution in [0.4, 0.5) is 0 Å². The van der Waals surface area contributed by atoms with Crippen LogP contribution in [0, 0.1) is 0 Å². The summed E-state index contributed by atoms with van der Waals surface area (Å²) in [5.41, 5.74) is 0.234. The minimum Gasteiger partial charge on any atom is -0.464 e. The number of carbonyl (C=O) groups is 1. The maximum Gasteiger partial charge on any atom is 0.338 e. The van der Waals surface area contributed by atoms with Crippen LogP contribution in [0.2, 0.25) is 0 Å². The van der Waals surface area contributed by atoms with Crippen molar-refractivity contribution >= 4 is 5.97 Å². The zero-order valence-corrected chi connectivity index (χ0v) is 8.62. The number of hydrogen-bond acceptors (Lipinski definition) is 5. The maximum atomic E-state index is 11.1. The quantitative estimate of drug-likeness (QED) is 0.652. The molecule has 0 aliphatic heterocycles. The first-order valence-electron chi connectivity index (χ1n) is 4.58. The first-order valence-corrected chi connectivity index (χ1v) is 4.58. The Balaban J connectivity index is 2.67. The minimum absolute atomic E-state index is 0.158. The summed E-state index contributed by atoms with van der Waals surface area (Å²) in [5.74, 6) is -0.851. The largest absolute Gasteiger partial charge is 0.464 e. The molecule has 2 atom stereocenters. The van der Waals surface area contributed by atoms with Crippen molar-refractivity contribution in [2.45, 2.75) is 19.1 Å². The van der Waals surface area contributed by atoms with Gasteiger partial charge in [-0.2, -0.15) is 5.10 Å². The van der Waals surface area contributed by atoms with Gasteiger partial charge in [0, 0.05) is 13.2 Å². The molecule has 6 heteroatoms. The minimum atomic E-state index is -1.60. The van der Waals surface area contributed by atoms with Gasteiger partial charge < -0.3 is 14.9 Å². The Morgan fingerprint density at radius 3 is 2.80 bits per heavy atom. The van der Waals surface area contributed by atoms with Crippen LogP contribution in [0.3, 0.4) is 0 Å². The second-order valence-electron chi connectivity index (χ2n) is 3.06. The van der Waals surface area contributed by atoms with E-state index in [-0.39, 0.29) is 12.3 Å². The van der Waals surface area contributed by atoms with Gasteiger partial charge in [0.2, 0.25) is 0 Å². The lowest BCUT2D eigenvalue weighted by Crippen LogP contribution is -2.30. The van der Waals surface area contributed by atoms with E-state index in [9.17, 15) is 15.0 Å². The van der Waals surface area contributed by atoms with Gasteiger partial charge in [0.25, 0.3) is 0 Å². The summed E-state index contributed by atoms with van der Waals surface area (Å²) in [5, 5.41) is 22.9. The standard InChI is InChI=1S/C9H14N2O4/c1-3-15-9(14)8(13)7(12)6-4-5-11(2)10-6/h4-5,7-8,12-13H,3H2,1-2H3. The molecule has 0 saturated carbocycles. The van der Waals surface area contributed by atoms with Crippen molar-refractivity contribution in [3.63, 3.8) is 0 Å². The molecule has 0 saturated heterocycles. The monoisotopic (exact) mass is 214 g/mol. The number of hydrogen-bond donors (Lipinski definition) is 2. The molecule has 0 fully saturated rings. The van der Waals surface area contributed by atoms with Crippen LogP contribution in [-0.4, -0.2) is 38.7 Å². The molecule has 0 aromatic carbocycles. The molecule has 0 bridgehead atoms. The summed E-state index contributed by atoms with van der Waals surface area (Å²) in [7, 11) is 1.67. The summed E-state index contributed by atoms with van der Waals surface area (Å²) < 4.78 is 6.04. The van der Waals surface area contributed by atoms with Crippen molar-refractivity contribution in [1.29, 1.82) is 0 Å². The highest BCUT2D eigenvalue weighted by Crippen LogP contribution is 2.15. The molecular weight excluding hydrogens is 200 g/mol. The van der Waals surface area contributed by atoms with Crippen LogP contribution in [0.1, 0.15) is 18.7 Å². The van der Waals surface area contributed by atoms with Gasteiger partial charge in [-0.1, -0.05) is 0 Å². The van der Waals surface area contributed by atoms with Crippen LogP contribution >= 0.6 is 0 Å². The number of carbonyl (C=O) groups excluding carboxylic acids is 1. The first-order chi connectivity index (χ1) is 7.06. The van der Waals surface area contributed by atoms with Gasteiger partial charge in [0.05, 0.1) is 12.3 Å². The second kappa shape index (κ2) is 4.90. The molecule has 0 radical (unpaired) electrons. The summed E-state index contributed by atoms with van der Waals surface area (Å²) in [4.78, 5) is 11.1. The predicted octanol–water partition coefficient (Wildman–Crippen LogP) is -0.623. The van der Waals surface area contributed by atoms with E-state index in [0.29, 0.717) is 0 Å². The number of ether oxygens (including phenoxy) is 1. The number of nitrogens with zero attached hydrogens (tertiary/aromatic N) is 2. The highest BCUT2D eigenvalue weighted by molar-refractivity contribution is 5.75. The third kappa shape index (κ3) is 2.77. The molecule has 1 rings (SSSR count). The fourth-order valence-corrected chi connectivity index (χ4v) is 1.11. The van der Waals surface area contributed by atoms with Crippen molar-refractivity contribution in [3.8, 4) is 0 Å². The Morgan fingerprint density at radius 1 is 1.67 bits per heavy atom. The van der Waals surface area contributed by atoms with Crippen molar-refractivity contribution in [2.24, 2.45) is 7.05 Å². The molecule has 0 spiro atoms. The van der Waals surface area contributed by atoms with Gasteiger partial charge in [-0.05, 0) is 13.0 Å². The van der Waals surface area contributed by atoms with Crippen molar-refractivity contribution in [1.82, 2.24) is 9.78 Å². The molecule has 0 amide bonds. The Kier molecular flexibility index (Phi) is 3.81. The molecule has 15 heavy (non-hydrogen) atoms. The molecular formula is C9H14N2O4. The van der Waals surface area contributed by atoms with Crippen LogP contribution in [0.5, 0.6) is 0 Å². The highest BCUT2D eigenvalue weighted by Gasteiger charge is 2.28. The zero-order chi connectivity index (χ0) is 11.4. The van der Waals surface area contributed by atoms with Crippen LogP contribution in [-0.2, 0) is 16.6 Å². The number of rotatable bonds is 4. The summed E-state index contributed by atoms with van der Waals surface area (Å²) in [6.45, 7) is 1.78. The Bertz CT molecular complexity index is 337. The first kappa shape index (κ1) is 11.7. The lowest BCUT2D eigenvalue weighted by molar-refractivity contribution is -0.159. The molecule has 1 heterocycles. The van der Waals surface area contributed by atoms with E-state index >= 15 is 0 Å². The van der Waals surface area contributed by atoms with E-state index in [0.717, 1.165) is 0 Å². The van der Waals surface area contributed by atoms with Gasteiger partial charge in [-0.25, -0.2) is 4.79 Å². The SMILES string of the molecule is CCOC(=O)C(O)C(O)c1ccn(C)n1. The Hall–Kier alpha value is -1.40. The van der Waals surface area contributed by atoms with Crippen LogP contribution in [0.25, 0.3) is 0 Å². The smallest absolute Gasteiger partial charge is 0.338 e. The van der Waals surface area contributed by atoms with E-state index in [4.69, 9.17) is 0 Å². The molecule has 2 unspecified atom stereocenters. The van der Waals surface area contributed by atoms with Gasteiger partial charge in [-0.15, -0.1) is 0 Å². The third-order valence-electron chi connectivity index (χ3n) is 1.86. The third-order valence-corrected chi connectivity index (χ3v) is 1.86. The van der Waals surface area contributed by atoms with E-state index in [1.54, 1.807) is 20.2 Å². The van der Waals surface area contributed by atoms with Gasteiger partial charge in [0.15, 0.2) is 6.10 Å². The molecule has 1 aromatic heterocycles. The molecule has 1 aromatic rings. The van der Waals surface area contributed by atoms with Crippen LogP contribution in [0.15, 0.2) is 12.3 Å². The van der Waals surface area contributed by atoms with E-state index in [2.05, 4.69) is 9.84 Å². The molecule has 0 aliphatic rings. The number of aromatic nitrogens is 2. The zero-order valence-electron chi connectivity index (χ0n) is 8.62. The second-order valence-corrected chi connectivity index (χ2v) is 3.06. The fourth-order valence-electron chi connectivity index (χ4n) is 1.11. The van der Waals surface area contributed by atoms with Crippen molar-refractivity contribution in [3.05, 3.63) is 18.0 Å². The lowest BCUT2D eigenvalue weighted by Gasteiger charge is -2.14. The van der Waals surface area contributed by atoms with E-state index in [1.807, 2.05) is 0 Å². The summed E-state index contributed by atoms with van der Waals surface area (Å²) in [6, 6.07) is 1.52. The fraction of sp³-hybridized carbons (Fsp3) is 0.556. The number of aliphatic hydroxyl groups is 2. The highest BCUT2D eigenvalue weighted by atomic mass is 16.5. The molecule has 2 N–H and O–H groups in total. The Morgan fingerprint density at radius 2 is 2.33 bits per heavy atom.